The molecule has 1 saturated carbocycles. The van der Waals surface area contributed by atoms with Crippen molar-refractivity contribution in [3.05, 3.63) is 36.0 Å². The number of carbonyl (C=O) groups is 3. The fraction of sp³-hybridized carbons (Fsp3) is 0.700. The second-order valence-electron chi connectivity index (χ2n) is 11.4. The van der Waals surface area contributed by atoms with Crippen molar-refractivity contribution < 1.29 is 38.4 Å². The molecule has 38 heavy (non-hydrogen) atoms. The number of aliphatic hydroxyl groups excluding tert-OH is 1. The third kappa shape index (κ3) is 5.76. The predicted molar refractivity (Wildman–Crippen MR) is 141 cm³/mol. The van der Waals surface area contributed by atoms with E-state index in [1.54, 1.807) is 12.2 Å². The molecule has 2 fully saturated rings. The van der Waals surface area contributed by atoms with Gasteiger partial charge < -0.3 is 19.3 Å². The Balaban J connectivity index is 2.14. The van der Waals surface area contributed by atoms with Crippen LogP contribution in [0.1, 0.15) is 86.5 Å². The molecule has 3 aliphatic rings. The van der Waals surface area contributed by atoms with Gasteiger partial charge in [0.2, 0.25) is 12.6 Å². The second kappa shape index (κ2) is 12.2. The van der Waals surface area contributed by atoms with E-state index in [0.29, 0.717) is 31.3 Å². The summed E-state index contributed by atoms with van der Waals surface area (Å²) < 4.78 is 23.2. The molecule has 2 aliphatic carbocycles. The molecular formula is C30H44O8. The SMILES string of the molecule is C=C/C(C)=C/C[C@@]1(C)[C@H](C)C[C@H](O)[C@]23C(=C[C@H](OC(=O)CCCCC)C[C@@H]12)[C@@H](OC(C)=O)O[C@H]3OC(C)=O. The molecule has 0 aromatic heterocycles. The monoisotopic (exact) mass is 532 g/mol. The van der Waals surface area contributed by atoms with E-state index < -0.39 is 47.6 Å². The number of aliphatic hydroxyl groups is 1. The van der Waals surface area contributed by atoms with E-state index >= 15 is 0 Å². The summed E-state index contributed by atoms with van der Waals surface area (Å²) in [5, 5.41) is 11.7. The van der Waals surface area contributed by atoms with Crippen molar-refractivity contribution in [1.29, 1.82) is 0 Å². The van der Waals surface area contributed by atoms with Gasteiger partial charge in [0.15, 0.2) is 0 Å². The van der Waals surface area contributed by atoms with Gasteiger partial charge in [0, 0.05) is 25.8 Å². The summed E-state index contributed by atoms with van der Waals surface area (Å²) in [7, 11) is 0. The Morgan fingerprint density at radius 3 is 2.42 bits per heavy atom. The van der Waals surface area contributed by atoms with Crippen LogP contribution in [0.4, 0.5) is 0 Å². The summed E-state index contributed by atoms with van der Waals surface area (Å²) >= 11 is 0. The van der Waals surface area contributed by atoms with Gasteiger partial charge in [0.1, 0.15) is 6.10 Å². The molecule has 0 amide bonds. The van der Waals surface area contributed by atoms with Crippen LogP contribution in [0.5, 0.6) is 0 Å². The summed E-state index contributed by atoms with van der Waals surface area (Å²) in [4.78, 5) is 37.0. The van der Waals surface area contributed by atoms with Crippen LogP contribution in [0.15, 0.2) is 36.0 Å². The van der Waals surface area contributed by atoms with Crippen LogP contribution in [0.3, 0.4) is 0 Å². The van der Waals surface area contributed by atoms with Crippen molar-refractivity contribution >= 4 is 17.9 Å². The number of esters is 3. The Morgan fingerprint density at radius 2 is 1.82 bits per heavy atom. The van der Waals surface area contributed by atoms with Gasteiger partial charge in [-0.05, 0) is 55.9 Å². The Bertz CT molecular complexity index is 983. The van der Waals surface area contributed by atoms with Crippen molar-refractivity contribution in [2.45, 2.75) is 111 Å². The molecule has 8 nitrogen and oxygen atoms in total. The zero-order valence-corrected chi connectivity index (χ0v) is 23.7. The minimum absolute atomic E-state index is 0.0769. The maximum Gasteiger partial charge on any atom is 0.306 e. The van der Waals surface area contributed by atoms with Crippen molar-refractivity contribution in [2.75, 3.05) is 0 Å². The molecule has 1 saturated heterocycles. The van der Waals surface area contributed by atoms with Crippen molar-refractivity contribution in [3.63, 3.8) is 0 Å². The van der Waals surface area contributed by atoms with Crippen LogP contribution < -0.4 is 0 Å². The average Bonchev–Trinajstić information content (AvgIpc) is 3.13. The van der Waals surface area contributed by atoms with Gasteiger partial charge in [0.25, 0.3) is 0 Å². The highest BCUT2D eigenvalue weighted by atomic mass is 16.8. The first kappa shape index (κ1) is 30.1. The second-order valence-corrected chi connectivity index (χ2v) is 11.4. The lowest BCUT2D eigenvalue weighted by molar-refractivity contribution is -0.254. The van der Waals surface area contributed by atoms with Gasteiger partial charge in [-0.25, -0.2) is 0 Å². The van der Waals surface area contributed by atoms with Gasteiger partial charge in [-0.2, -0.15) is 0 Å². The highest BCUT2D eigenvalue weighted by Crippen LogP contribution is 2.67. The molecule has 212 valence electrons. The Kier molecular flexibility index (Phi) is 9.63. The van der Waals surface area contributed by atoms with Crippen LogP contribution in [0, 0.1) is 22.7 Å². The molecule has 1 spiro atoms. The topological polar surface area (TPSA) is 108 Å². The minimum atomic E-state index is -1.17. The van der Waals surface area contributed by atoms with Crippen LogP contribution in [-0.2, 0) is 33.3 Å². The number of rotatable bonds is 10. The Morgan fingerprint density at radius 1 is 1.13 bits per heavy atom. The molecule has 0 aromatic carbocycles. The van der Waals surface area contributed by atoms with Gasteiger partial charge in [0.05, 0.1) is 11.5 Å². The molecule has 0 aromatic rings. The molecule has 0 unspecified atom stereocenters. The average molecular weight is 533 g/mol. The normalized spacial score (nSPS) is 36.4. The molecule has 3 rings (SSSR count). The Hall–Kier alpha value is -2.45. The van der Waals surface area contributed by atoms with E-state index in [-0.39, 0.29) is 17.8 Å². The van der Waals surface area contributed by atoms with Crippen LogP contribution in [-0.4, -0.2) is 47.8 Å². The first-order valence-corrected chi connectivity index (χ1v) is 13.8. The number of hydrogen-bond donors (Lipinski definition) is 1. The lowest BCUT2D eigenvalue weighted by Gasteiger charge is -2.60. The molecular weight excluding hydrogens is 488 g/mol. The number of unbranched alkanes of at least 4 members (excludes halogenated alkanes) is 2. The van der Waals surface area contributed by atoms with Crippen LogP contribution in [0.25, 0.3) is 0 Å². The summed E-state index contributed by atoms with van der Waals surface area (Å²) in [5.74, 6) is -1.67. The molecule has 8 heteroatoms. The Labute approximate surface area is 226 Å². The van der Waals surface area contributed by atoms with Gasteiger partial charge in [-0.3, -0.25) is 19.1 Å². The van der Waals surface area contributed by atoms with Crippen LogP contribution in [0.2, 0.25) is 0 Å². The van der Waals surface area contributed by atoms with E-state index in [0.717, 1.165) is 24.8 Å². The number of allylic oxidation sites excluding steroid dienone is 3. The predicted octanol–water partition coefficient (Wildman–Crippen LogP) is 5.15. The number of carbonyl (C=O) groups excluding carboxylic acids is 3. The van der Waals surface area contributed by atoms with E-state index in [1.165, 1.54) is 13.8 Å². The minimum Gasteiger partial charge on any atom is -0.458 e. The van der Waals surface area contributed by atoms with E-state index in [1.807, 2.05) is 6.92 Å². The third-order valence-electron chi connectivity index (χ3n) is 8.85. The molecule has 1 aliphatic heterocycles. The van der Waals surface area contributed by atoms with Crippen molar-refractivity contribution in [2.24, 2.45) is 22.7 Å². The highest BCUT2D eigenvalue weighted by Gasteiger charge is 2.71. The first-order valence-electron chi connectivity index (χ1n) is 13.8. The third-order valence-corrected chi connectivity index (χ3v) is 8.85. The zero-order valence-electron chi connectivity index (χ0n) is 23.7. The van der Waals surface area contributed by atoms with E-state index in [2.05, 4.69) is 33.4 Å². The van der Waals surface area contributed by atoms with Crippen LogP contribution >= 0.6 is 0 Å². The summed E-state index contributed by atoms with van der Waals surface area (Å²) in [6, 6.07) is 0. The standard InChI is InChI=1S/C30H44O8/c1-8-10-11-12-26(34)37-22-16-23-27(35-20(5)31)38-28(36-21(6)32)30(23)24(17-22)29(7,14-13-18(3)9-2)19(4)15-25(30)33/h9,13,16,19,22,24-25,27-28,33H,2,8,10-12,14-15,17H2,1,3-7H3/b18-13+/t19-,22+,24+,25+,27+,28-,29+,30+/m1/s1. The smallest absolute Gasteiger partial charge is 0.306 e. The first-order chi connectivity index (χ1) is 17.9. The summed E-state index contributed by atoms with van der Waals surface area (Å²) in [5.41, 5.74) is -0.0331. The largest absolute Gasteiger partial charge is 0.458 e. The van der Waals surface area contributed by atoms with E-state index in [4.69, 9.17) is 18.9 Å². The lowest BCUT2D eigenvalue weighted by atomic mass is 9.45. The van der Waals surface area contributed by atoms with E-state index in [9.17, 15) is 19.5 Å². The molecule has 1 N–H and O–H groups in total. The fourth-order valence-corrected chi connectivity index (χ4v) is 6.62. The summed E-state index contributed by atoms with van der Waals surface area (Å²) in [6.45, 7) is 14.8. The number of hydrogen-bond acceptors (Lipinski definition) is 8. The fourth-order valence-electron chi connectivity index (χ4n) is 6.62. The number of ether oxygens (including phenoxy) is 4. The van der Waals surface area contributed by atoms with Crippen molar-refractivity contribution in [1.82, 2.24) is 0 Å². The molecule has 8 atom stereocenters. The zero-order chi connectivity index (χ0) is 28.3. The quantitative estimate of drug-likeness (QED) is 0.135. The maximum atomic E-state index is 12.7. The molecule has 0 radical (unpaired) electrons. The highest BCUT2D eigenvalue weighted by molar-refractivity contribution is 5.70. The van der Waals surface area contributed by atoms with Crippen molar-refractivity contribution in [3.8, 4) is 0 Å². The summed E-state index contributed by atoms with van der Waals surface area (Å²) in [6.07, 6.45) is 6.32. The maximum absolute atomic E-state index is 12.7. The van der Waals surface area contributed by atoms with Gasteiger partial charge in [-0.15, -0.1) is 0 Å². The lowest BCUT2D eigenvalue weighted by Crippen LogP contribution is -2.63. The van der Waals surface area contributed by atoms with Gasteiger partial charge >= 0.3 is 17.9 Å². The molecule has 0 bridgehead atoms. The molecule has 1 heterocycles. The van der Waals surface area contributed by atoms with Gasteiger partial charge in [-0.1, -0.05) is 57.9 Å².